The summed E-state index contributed by atoms with van der Waals surface area (Å²) in [5.41, 5.74) is -1.90. The number of hydrogen-bond acceptors (Lipinski definition) is 6. The quantitative estimate of drug-likeness (QED) is 0.362. The maximum Gasteiger partial charge on any atom is 0.425 e. The third kappa shape index (κ3) is 7.80. The Balaban J connectivity index is 2.39. The van der Waals surface area contributed by atoms with E-state index in [4.69, 9.17) is 25.8 Å². The molecule has 1 heterocycles. The lowest BCUT2D eigenvalue weighted by Gasteiger charge is -2.28. The number of hydrogen-bond donors (Lipinski definition) is 0. The van der Waals surface area contributed by atoms with Crippen LogP contribution in [0.15, 0.2) is 28.9 Å². The van der Waals surface area contributed by atoms with Gasteiger partial charge >= 0.3 is 12.2 Å². The van der Waals surface area contributed by atoms with E-state index < -0.39 is 35.0 Å². The average Bonchev–Trinajstić information content (AvgIpc) is 2.66. The fraction of sp³-hybridized carbons (Fsp3) is 0.435. The molecule has 0 bridgehead atoms. The molecule has 34 heavy (non-hydrogen) atoms. The number of anilines is 1. The molecule has 0 spiro atoms. The van der Waals surface area contributed by atoms with Crippen LogP contribution in [0.2, 0.25) is 5.02 Å². The van der Waals surface area contributed by atoms with Crippen LogP contribution in [0, 0.1) is 11.6 Å². The van der Waals surface area contributed by atoms with E-state index >= 15 is 0 Å². The van der Waals surface area contributed by atoms with Gasteiger partial charge in [0.15, 0.2) is 11.6 Å². The van der Waals surface area contributed by atoms with Crippen LogP contribution < -0.4 is 9.64 Å². The molecule has 1 aromatic carbocycles. The van der Waals surface area contributed by atoms with E-state index in [0.717, 1.165) is 12.1 Å². The van der Waals surface area contributed by atoms with Crippen molar-refractivity contribution in [3.8, 4) is 5.75 Å². The second-order valence-electron chi connectivity index (χ2n) is 9.19. The summed E-state index contributed by atoms with van der Waals surface area (Å²) >= 11 is 9.13. The molecule has 0 atom stereocenters. The van der Waals surface area contributed by atoms with Gasteiger partial charge in [-0.1, -0.05) is 11.6 Å². The molecule has 1 aromatic heterocycles. The molecule has 0 aliphatic rings. The minimum atomic E-state index is -1.03. The smallest absolute Gasteiger partial charge is 0.425 e. The molecular weight excluding hydrogens is 538 g/mol. The van der Waals surface area contributed by atoms with Crippen molar-refractivity contribution in [2.24, 2.45) is 0 Å². The van der Waals surface area contributed by atoms with Crippen LogP contribution in [-0.2, 0) is 15.9 Å². The first-order valence-electron chi connectivity index (χ1n) is 10.3. The van der Waals surface area contributed by atoms with Gasteiger partial charge in [0.2, 0.25) is 0 Å². The van der Waals surface area contributed by atoms with Gasteiger partial charge in [0.05, 0.1) is 11.6 Å². The highest BCUT2D eigenvalue weighted by Crippen LogP contribution is 2.32. The van der Waals surface area contributed by atoms with Crippen LogP contribution >= 0.6 is 27.5 Å². The van der Waals surface area contributed by atoms with Crippen molar-refractivity contribution >= 4 is 45.5 Å². The number of carbonyl (C=O) groups is 2. The molecule has 2 amide bonds. The Hall–Kier alpha value is -2.46. The summed E-state index contributed by atoms with van der Waals surface area (Å²) in [5, 5.41) is -0.347. The van der Waals surface area contributed by atoms with E-state index in [1.165, 1.54) is 12.3 Å². The fourth-order valence-electron chi connectivity index (χ4n) is 2.61. The second kappa shape index (κ2) is 10.9. The Bertz CT molecular complexity index is 1040. The number of imide groups is 1. The summed E-state index contributed by atoms with van der Waals surface area (Å²) < 4.78 is 44.7. The Morgan fingerprint density at radius 2 is 1.56 bits per heavy atom. The Kier molecular flexibility index (Phi) is 8.87. The Labute approximate surface area is 210 Å². The molecule has 0 saturated heterocycles. The van der Waals surface area contributed by atoms with Gasteiger partial charge in [-0.05, 0) is 75.7 Å². The van der Waals surface area contributed by atoms with Crippen molar-refractivity contribution in [1.29, 1.82) is 0 Å². The van der Waals surface area contributed by atoms with Crippen molar-refractivity contribution in [1.82, 2.24) is 4.98 Å². The van der Waals surface area contributed by atoms with Crippen molar-refractivity contribution < 1.29 is 32.6 Å². The number of rotatable bonds is 5. The van der Waals surface area contributed by atoms with Gasteiger partial charge in [-0.3, -0.25) is 0 Å². The summed E-state index contributed by atoms with van der Waals surface area (Å²) in [6.07, 6.45) is -0.790. The lowest BCUT2D eigenvalue weighted by molar-refractivity contribution is 0.0427. The number of benzene rings is 1. The minimum Gasteiger partial charge on any atom is -0.489 e. The summed E-state index contributed by atoms with van der Waals surface area (Å²) in [6, 6.07) is 3.36. The highest BCUT2D eigenvalue weighted by Gasteiger charge is 2.35. The lowest BCUT2D eigenvalue weighted by atomic mass is 10.1. The first kappa shape index (κ1) is 27.8. The molecule has 0 aliphatic heterocycles. The second-order valence-corrected chi connectivity index (χ2v) is 10.5. The van der Waals surface area contributed by atoms with Crippen molar-refractivity contribution in [3.63, 3.8) is 0 Å². The number of pyridine rings is 1. The van der Waals surface area contributed by atoms with E-state index in [0.29, 0.717) is 9.37 Å². The van der Waals surface area contributed by atoms with Gasteiger partial charge in [0.1, 0.15) is 22.8 Å². The standard InChI is InChI=1S/C23H26BrClF2N2O5/c1-22(2,3)33-20(30)29(21(31)34-23(4,5)6)19-17(11-13(24)12-28-19)32-10-9-14-15(26)7-8-16(27)18(14)25/h7-8,11-12H,9-10H2,1-6H3. The Morgan fingerprint density at radius 1 is 1.03 bits per heavy atom. The fourth-order valence-corrected chi connectivity index (χ4v) is 3.17. The molecule has 0 unspecified atom stereocenters. The summed E-state index contributed by atoms with van der Waals surface area (Å²) in [4.78, 5) is 30.6. The van der Waals surface area contributed by atoms with E-state index in [9.17, 15) is 18.4 Å². The van der Waals surface area contributed by atoms with Gasteiger partial charge in [0.25, 0.3) is 0 Å². The molecule has 2 rings (SSSR count). The van der Waals surface area contributed by atoms with Gasteiger partial charge < -0.3 is 14.2 Å². The van der Waals surface area contributed by atoms with Crippen molar-refractivity contribution in [2.45, 2.75) is 59.2 Å². The Morgan fingerprint density at radius 3 is 2.09 bits per heavy atom. The highest BCUT2D eigenvalue weighted by molar-refractivity contribution is 9.10. The van der Waals surface area contributed by atoms with E-state index in [1.807, 2.05) is 0 Å². The normalized spacial score (nSPS) is 11.7. The van der Waals surface area contributed by atoms with Gasteiger partial charge in [-0.2, -0.15) is 4.90 Å². The number of carbonyl (C=O) groups excluding carboxylic acids is 2. The van der Waals surface area contributed by atoms with E-state index in [-0.39, 0.29) is 35.2 Å². The molecule has 0 fully saturated rings. The zero-order chi connectivity index (χ0) is 25.8. The highest BCUT2D eigenvalue weighted by atomic mass is 79.9. The maximum atomic E-state index is 14.1. The third-order valence-electron chi connectivity index (χ3n) is 3.91. The molecule has 2 aromatic rings. The summed E-state index contributed by atoms with van der Waals surface area (Å²) in [7, 11) is 0. The monoisotopic (exact) mass is 562 g/mol. The van der Waals surface area contributed by atoms with Crippen LogP contribution in [0.4, 0.5) is 24.2 Å². The number of aromatic nitrogens is 1. The third-order valence-corrected chi connectivity index (χ3v) is 4.75. The van der Waals surface area contributed by atoms with Crippen molar-refractivity contribution in [2.75, 3.05) is 11.5 Å². The van der Waals surface area contributed by atoms with Crippen LogP contribution in [0.3, 0.4) is 0 Å². The summed E-state index contributed by atoms with van der Waals surface area (Å²) in [5.74, 6) is -1.65. The van der Waals surface area contributed by atoms with Gasteiger partial charge in [-0.25, -0.2) is 23.4 Å². The predicted molar refractivity (Wildman–Crippen MR) is 127 cm³/mol. The van der Waals surface area contributed by atoms with Crippen LogP contribution in [0.5, 0.6) is 5.75 Å². The first-order chi connectivity index (χ1) is 15.6. The number of nitrogens with zero attached hydrogens (tertiary/aromatic N) is 2. The molecule has 0 saturated carbocycles. The largest absolute Gasteiger partial charge is 0.489 e. The van der Waals surface area contributed by atoms with Gasteiger partial charge in [-0.15, -0.1) is 0 Å². The summed E-state index contributed by atoms with van der Waals surface area (Å²) in [6.45, 7) is 9.68. The molecule has 11 heteroatoms. The molecule has 0 N–H and O–H groups in total. The van der Waals surface area contributed by atoms with Crippen LogP contribution in [0.25, 0.3) is 0 Å². The maximum absolute atomic E-state index is 14.1. The van der Waals surface area contributed by atoms with Crippen LogP contribution in [0.1, 0.15) is 47.1 Å². The molecule has 0 aliphatic carbocycles. The zero-order valence-corrected chi connectivity index (χ0v) is 22.0. The lowest BCUT2D eigenvalue weighted by Crippen LogP contribution is -2.44. The molecule has 0 radical (unpaired) electrons. The minimum absolute atomic E-state index is 0.000901. The molecule has 186 valence electrons. The number of halogens is 4. The first-order valence-corrected chi connectivity index (χ1v) is 11.4. The van der Waals surface area contributed by atoms with E-state index in [2.05, 4.69) is 20.9 Å². The topological polar surface area (TPSA) is 78.0 Å². The van der Waals surface area contributed by atoms with Crippen LogP contribution in [-0.4, -0.2) is 35.0 Å². The number of amides is 2. The predicted octanol–water partition coefficient (Wildman–Crippen LogP) is 7.07. The average molecular weight is 564 g/mol. The SMILES string of the molecule is CC(C)(C)OC(=O)N(C(=O)OC(C)(C)C)c1ncc(Br)cc1OCCc1c(F)ccc(F)c1Cl. The molecule has 7 nitrogen and oxygen atoms in total. The van der Waals surface area contributed by atoms with Crippen molar-refractivity contribution in [3.05, 3.63) is 51.1 Å². The van der Waals surface area contributed by atoms with Gasteiger partial charge in [0, 0.05) is 22.7 Å². The van der Waals surface area contributed by atoms with E-state index in [1.54, 1.807) is 41.5 Å². The number of ether oxygens (including phenoxy) is 3. The molecular formula is C23H26BrClF2N2O5. The zero-order valence-electron chi connectivity index (χ0n) is 19.7.